The summed E-state index contributed by atoms with van der Waals surface area (Å²) >= 11 is 16.0. The van der Waals surface area contributed by atoms with E-state index < -0.39 is 6.04 Å². The summed E-state index contributed by atoms with van der Waals surface area (Å²) in [6.07, 6.45) is 0. The number of thiol groups is 1. The summed E-state index contributed by atoms with van der Waals surface area (Å²) in [7, 11) is 0. The molecular formula is C13H16Cl2N2O2S. The summed E-state index contributed by atoms with van der Waals surface area (Å²) < 4.78 is 0. The lowest BCUT2D eigenvalue weighted by atomic mass is 10.1. The number of hydrogen-bond donors (Lipinski definition) is 3. The Labute approximate surface area is 133 Å². The lowest BCUT2D eigenvalue weighted by Crippen LogP contribution is -2.47. The van der Waals surface area contributed by atoms with Gasteiger partial charge in [0.05, 0.1) is 6.04 Å². The molecule has 0 aromatic heterocycles. The Bertz CT molecular complexity index is 511. The number of benzene rings is 1. The summed E-state index contributed by atoms with van der Waals surface area (Å²) in [5.41, 5.74) is 0.755. The summed E-state index contributed by atoms with van der Waals surface area (Å²) in [5, 5.41) is 6.32. The first kappa shape index (κ1) is 17.1. The van der Waals surface area contributed by atoms with Crippen molar-refractivity contribution in [3.8, 4) is 0 Å². The number of carbonyl (C=O) groups excluding carboxylic acids is 2. The average molecular weight is 335 g/mol. The Kier molecular flexibility index (Phi) is 6.65. The molecule has 0 spiro atoms. The van der Waals surface area contributed by atoms with Gasteiger partial charge in [-0.2, -0.15) is 12.6 Å². The van der Waals surface area contributed by atoms with Crippen molar-refractivity contribution in [1.29, 1.82) is 0 Å². The highest BCUT2D eigenvalue weighted by molar-refractivity contribution is 7.80. The fraction of sp³-hybridized carbons (Fsp3) is 0.385. The van der Waals surface area contributed by atoms with Crippen LogP contribution in [0.1, 0.15) is 25.5 Å². The molecule has 0 aliphatic heterocycles. The maximum Gasteiger partial charge on any atom is 0.243 e. The maximum atomic E-state index is 12.0. The zero-order chi connectivity index (χ0) is 15.3. The van der Waals surface area contributed by atoms with Crippen LogP contribution in [0.2, 0.25) is 10.0 Å². The molecule has 0 fully saturated rings. The van der Waals surface area contributed by atoms with E-state index in [0.717, 1.165) is 5.56 Å². The van der Waals surface area contributed by atoms with Gasteiger partial charge in [-0.15, -0.1) is 0 Å². The Hall–Kier alpha value is -0.910. The number of halogens is 2. The number of nitrogens with one attached hydrogen (secondary N) is 2. The minimum Gasteiger partial charge on any atom is -0.348 e. The lowest BCUT2D eigenvalue weighted by molar-refractivity contribution is -0.127. The van der Waals surface area contributed by atoms with E-state index in [1.165, 1.54) is 6.92 Å². The van der Waals surface area contributed by atoms with Crippen molar-refractivity contribution in [3.05, 3.63) is 33.8 Å². The molecule has 0 heterocycles. The van der Waals surface area contributed by atoms with Crippen LogP contribution >= 0.6 is 35.8 Å². The summed E-state index contributed by atoms with van der Waals surface area (Å²) in [4.78, 5) is 23.0. The van der Waals surface area contributed by atoms with Gasteiger partial charge < -0.3 is 10.6 Å². The van der Waals surface area contributed by atoms with Crippen molar-refractivity contribution < 1.29 is 9.59 Å². The van der Waals surface area contributed by atoms with Crippen LogP contribution in [0.15, 0.2) is 18.2 Å². The number of carbonyl (C=O) groups is 2. The third-order valence-electron chi connectivity index (χ3n) is 2.66. The molecule has 0 radical (unpaired) electrons. The fourth-order valence-electron chi connectivity index (χ4n) is 1.68. The highest BCUT2D eigenvalue weighted by atomic mass is 35.5. The van der Waals surface area contributed by atoms with E-state index in [-0.39, 0.29) is 23.6 Å². The van der Waals surface area contributed by atoms with E-state index >= 15 is 0 Å². The minimum absolute atomic E-state index is 0.215. The molecule has 0 saturated carbocycles. The Morgan fingerprint density at radius 1 is 1.30 bits per heavy atom. The topological polar surface area (TPSA) is 58.2 Å². The largest absolute Gasteiger partial charge is 0.348 e. The molecule has 2 N–H and O–H groups in total. The molecule has 1 aromatic rings. The van der Waals surface area contributed by atoms with E-state index in [0.29, 0.717) is 10.0 Å². The van der Waals surface area contributed by atoms with Crippen molar-refractivity contribution in [2.24, 2.45) is 0 Å². The van der Waals surface area contributed by atoms with E-state index in [1.54, 1.807) is 25.1 Å². The Morgan fingerprint density at radius 3 is 2.45 bits per heavy atom. The van der Waals surface area contributed by atoms with Crippen LogP contribution < -0.4 is 10.6 Å². The van der Waals surface area contributed by atoms with Gasteiger partial charge in [-0.3, -0.25) is 9.59 Å². The van der Waals surface area contributed by atoms with E-state index in [9.17, 15) is 9.59 Å². The van der Waals surface area contributed by atoms with Crippen LogP contribution in [0, 0.1) is 0 Å². The van der Waals surface area contributed by atoms with Gasteiger partial charge >= 0.3 is 0 Å². The fourth-order valence-corrected chi connectivity index (χ4v) is 2.51. The molecule has 110 valence electrons. The van der Waals surface area contributed by atoms with E-state index in [1.807, 2.05) is 0 Å². The van der Waals surface area contributed by atoms with Gasteiger partial charge in [0.15, 0.2) is 0 Å². The van der Waals surface area contributed by atoms with Crippen LogP contribution in [0.25, 0.3) is 0 Å². The van der Waals surface area contributed by atoms with Crippen LogP contribution in [0.4, 0.5) is 0 Å². The second kappa shape index (κ2) is 7.76. The van der Waals surface area contributed by atoms with Crippen LogP contribution in [-0.4, -0.2) is 23.6 Å². The number of hydrogen-bond acceptors (Lipinski definition) is 3. The van der Waals surface area contributed by atoms with Gasteiger partial charge in [0, 0.05) is 22.7 Å². The summed E-state index contributed by atoms with van der Waals surface area (Å²) in [6, 6.07) is 4.09. The van der Waals surface area contributed by atoms with Crippen molar-refractivity contribution in [2.75, 3.05) is 5.75 Å². The average Bonchev–Trinajstić information content (AvgIpc) is 2.35. The van der Waals surface area contributed by atoms with E-state index in [2.05, 4.69) is 23.3 Å². The number of amides is 2. The predicted octanol–water partition coefficient (Wildman–Crippen LogP) is 2.61. The first-order valence-corrected chi connectivity index (χ1v) is 7.37. The quantitative estimate of drug-likeness (QED) is 0.725. The van der Waals surface area contributed by atoms with Gasteiger partial charge in [0.2, 0.25) is 11.8 Å². The molecule has 1 rings (SSSR count). The third kappa shape index (κ3) is 4.89. The molecule has 0 bridgehead atoms. The zero-order valence-corrected chi connectivity index (χ0v) is 13.5. The maximum absolute atomic E-state index is 12.0. The van der Waals surface area contributed by atoms with Gasteiger partial charge in [-0.25, -0.2) is 0 Å². The molecule has 0 saturated heterocycles. The van der Waals surface area contributed by atoms with Crippen molar-refractivity contribution in [2.45, 2.75) is 25.9 Å². The smallest absolute Gasteiger partial charge is 0.243 e. The molecule has 2 amide bonds. The molecule has 0 aliphatic rings. The molecule has 20 heavy (non-hydrogen) atoms. The van der Waals surface area contributed by atoms with Gasteiger partial charge in [0.25, 0.3) is 0 Å². The second-order valence-electron chi connectivity index (χ2n) is 4.33. The summed E-state index contributed by atoms with van der Waals surface area (Å²) in [6.45, 7) is 3.15. The van der Waals surface area contributed by atoms with Crippen LogP contribution in [0.3, 0.4) is 0 Å². The Balaban J connectivity index is 2.76. The van der Waals surface area contributed by atoms with Crippen LogP contribution in [0.5, 0.6) is 0 Å². The summed E-state index contributed by atoms with van der Waals surface area (Å²) in [5.74, 6) is -0.378. The van der Waals surface area contributed by atoms with Crippen LogP contribution in [-0.2, 0) is 9.59 Å². The van der Waals surface area contributed by atoms with Gasteiger partial charge in [-0.05, 0) is 24.6 Å². The third-order valence-corrected chi connectivity index (χ3v) is 3.59. The minimum atomic E-state index is -0.677. The SMILES string of the molecule is CC(=O)NC(CS)C(=O)NC(C)c1ccc(Cl)cc1Cl. The molecule has 1 aromatic carbocycles. The molecule has 2 unspecified atom stereocenters. The molecule has 7 heteroatoms. The standard InChI is InChI=1S/C13H16Cl2N2O2S/c1-7(10-4-3-9(14)5-11(10)15)16-13(19)12(6-20)17-8(2)18/h3-5,7,12,20H,6H2,1-2H3,(H,16,19)(H,17,18). The first-order chi connectivity index (χ1) is 9.35. The predicted molar refractivity (Wildman–Crippen MR) is 84.5 cm³/mol. The second-order valence-corrected chi connectivity index (χ2v) is 5.54. The molecular weight excluding hydrogens is 319 g/mol. The zero-order valence-electron chi connectivity index (χ0n) is 11.1. The van der Waals surface area contributed by atoms with Gasteiger partial charge in [0.1, 0.15) is 6.04 Å². The number of rotatable bonds is 5. The van der Waals surface area contributed by atoms with Crippen molar-refractivity contribution in [1.82, 2.24) is 10.6 Å². The highest BCUT2D eigenvalue weighted by Gasteiger charge is 2.20. The molecule has 2 atom stereocenters. The van der Waals surface area contributed by atoms with E-state index in [4.69, 9.17) is 23.2 Å². The normalized spacial score (nSPS) is 13.4. The molecule has 4 nitrogen and oxygen atoms in total. The first-order valence-electron chi connectivity index (χ1n) is 5.98. The molecule has 0 aliphatic carbocycles. The highest BCUT2D eigenvalue weighted by Crippen LogP contribution is 2.26. The van der Waals surface area contributed by atoms with Crippen molar-refractivity contribution in [3.63, 3.8) is 0 Å². The Morgan fingerprint density at radius 2 is 1.95 bits per heavy atom. The monoisotopic (exact) mass is 334 g/mol. The van der Waals surface area contributed by atoms with Crippen molar-refractivity contribution >= 4 is 47.6 Å². The lowest BCUT2D eigenvalue weighted by Gasteiger charge is -2.20. The van der Waals surface area contributed by atoms with Gasteiger partial charge in [-0.1, -0.05) is 29.3 Å².